The minimum atomic E-state index is -0.639. The molecule has 2 aromatic rings. The van der Waals surface area contributed by atoms with Crippen molar-refractivity contribution in [3.63, 3.8) is 0 Å². The Balaban J connectivity index is 2.13. The standard InChI is InChI=1S/C22H26Cl2N2O3/c1-4-11-25-22(28)16(3)26(13-17-5-7-18(23)8-6-17)21(27)14-29-19-9-10-20(24)15(2)12-19/h5-10,12,16H,4,11,13-14H2,1-3H3,(H,25,28)/t16-/m1/s1. The normalized spacial score (nSPS) is 11.6. The van der Waals surface area contributed by atoms with Crippen molar-refractivity contribution in [1.82, 2.24) is 10.2 Å². The highest BCUT2D eigenvalue weighted by Gasteiger charge is 2.26. The first-order valence-electron chi connectivity index (χ1n) is 9.52. The molecule has 29 heavy (non-hydrogen) atoms. The lowest BCUT2D eigenvalue weighted by atomic mass is 10.1. The molecule has 7 heteroatoms. The number of halogens is 2. The molecule has 2 aromatic carbocycles. The first kappa shape index (κ1) is 23.0. The van der Waals surface area contributed by atoms with Crippen LogP contribution in [0, 0.1) is 6.92 Å². The van der Waals surface area contributed by atoms with Gasteiger partial charge in [-0.1, -0.05) is 42.3 Å². The molecule has 0 bridgehead atoms. The zero-order chi connectivity index (χ0) is 21.4. The van der Waals surface area contributed by atoms with Gasteiger partial charge < -0.3 is 15.0 Å². The Kier molecular flexibility index (Phi) is 8.80. The number of hydrogen-bond donors (Lipinski definition) is 1. The van der Waals surface area contributed by atoms with E-state index in [2.05, 4.69) is 5.32 Å². The smallest absolute Gasteiger partial charge is 0.261 e. The summed E-state index contributed by atoms with van der Waals surface area (Å²) in [6.07, 6.45) is 0.822. The van der Waals surface area contributed by atoms with Gasteiger partial charge in [0, 0.05) is 23.1 Å². The average Bonchev–Trinajstić information content (AvgIpc) is 2.71. The van der Waals surface area contributed by atoms with Crippen LogP contribution in [0.2, 0.25) is 10.0 Å². The third kappa shape index (κ3) is 6.94. The molecule has 0 aliphatic carbocycles. The highest BCUT2D eigenvalue weighted by molar-refractivity contribution is 6.31. The van der Waals surface area contributed by atoms with E-state index in [0.717, 1.165) is 17.5 Å². The van der Waals surface area contributed by atoms with Gasteiger partial charge in [-0.25, -0.2) is 0 Å². The second-order valence-electron chi connectivity index (χ2n) is 6.81. The number of nitrogens with one attached hydrogen (secondary N) is 1. The van der Waals surface area contributed by atoms with Gasteiger partial charge in [-0.05, 0) is 61.7 Å². The molecule has 5 nitrogen and oxygen atoms in total. The van der Waals surface area contributed by atoms with Crippen LogP contribution >= 0.6 is 23.2 Å². The fourth-order valence-electron chi connectivity index (χ4n) is 2.70. The predicted molar refractivity (Wildman–Crippen MR) is 116 cm³/mol. The van der Waals surface area contributed by atoms with Crippen molar-refractivity contribution in [3.05, 3.63) is 63.6 Å². The van der Waals surface area contributed by atoms with Crippen molar-refractivity contribution in [2.45, 2.75) is 39.8 Å². The Bertz CT molecular complexity index is 840. The SMILES string of the molecule is CCCNC(=O)[C@@H](C)N(Cc1ccc(Cl)cc1)C(=O)COc1ccc(Cl)c(C)c1. The van der Waals surface area contributed by atoms with E-state index in [1.807, 2.05) is 26.0 Å². The molecule has 0 aromatic heterocycles. The highest BCUT2D eigenvalue weighted by atomic mass is 35.5. The van der Waals surface area contributed by atoms with Crippen molar-refractivity contribution in [2.75, 3.05) is 13.2 Å². The van der Waals surface area contributed by atoms with Gasteiger partial charge in [0.1, 0.15) is 11.8 Å². The van der Waals surface area contributed by atoms with Crippen molar-refractivity contribution in [1.29, 1.82) is 0 Å². The van der Waals surface area contributed by atoms with E-state index < -0.39 is 6.04 Å². The van der Waals surface area contributed by atoms with Crippen LogP contribution in [-0.2, 0) is 16.1 Å². The summed E-state index contributed by atoms with van der Waals surface area (Å²) in [7, 11) is 0. The zero-order valence-corrected chi connectivity index (χ0v) is 18.4. The summed E-state index contributed by atoms with van der Waals surface area (Å²) in [6.45, 7) is 6.21. The number of nitrogens with zero attached hydrogens (tertiary/aromatic N) is 1. The van der Waals surface area contributed by atoms with E-state index in [1.165, 1.54) is 4.90 Å². The molecular weight excluding hydrogens is 411 g/mol. The molecule has 2 amide bonds. The van der Waals surface area contributed by atoms with Crippen molar-refractivity contribution >= 4 is 35.0 Å². The fourth-order valence-corrected chi connectivity index (χ4v) is 2.94. The van der Waals surface area contributed by atoms with Gasteiger partial charge in [-0.2, -0.15) is 0 Å². The number of hydrogen-bond acceptors (Lipinski definition) is 3. The van der Waals surface area contributed by atoms with Gasteiger partial charge in [-0.15, -0.1) is 0 Å². The molecule has 0 saturated carbocycles. The third-order valence-electron chi connectivity index (χ3n) is 4.47. The molecular formula is C22H26Cl2N2O3. The molecule has 0 aliphatic rings. The van der Waals surface area contributed by atoms with E-state index in [0.29, 0.717) is 22.3 Å². The molecule has 0 unspecified atom stereocenters. The van der Waals surface area contributed by atoms with Crippen molar-refractivity contribution in [3.8, 4) is 5.75 Å². The summed E-state index contributed by atoms with van der Waals surface area (Å²) in [6, 6.07) is 11.8. The summed E-state index contributed by atoms with van der Waals surface area (Å²) < 4.78 is 5.65. The molecule has 0 fully saturated rings. The van der Waals surface area contributed by atoms with Gasteiger partial charge in [0.2, 0.25) is 5.91 Å². The number of amides is 2. The molecule has 0 aliphatic heterocycles. The second-order valence-corrected chi connectivity index (χ2v) is 7.66. The maximum Gasteiger partial charge on any atom is 0.261 e. The Hall–Kier alpha value is -2.24. The van der Waals surface area contributed by atoms with Gasteiger partial charge in [-0.3, -0.25) is 9.59 Å². The quantitative estimate of drug-likeness (QED) is 0.623. The van der Waals surface area contributed by atoms with Crippen LogP contribution < -0.4 is 10.1 Å². The summed E-state index contributed by atoms with van der Waals surface area (Å²) in [5.74, 6) is 0.0676. The Morgan fingerprint density at radius 3 is 2.45 bits per heavy atom. The number of carbonyl (C=O) groups is 2. The molecule has 156 valence electrons. The van der Waals surface area contributed by atoms with Gasteiger partial charge >= 0.3 is 0 Å². The average molecular weight is 437 g/mol. The lowest BCUT2D eigenvalue weighted by Crippen LogP contribution is -2.49. The van der Waals surface area contributed by atoms with Crippen LogP contribution in [0.3, 0.4) is 0 Å². The van der Waals surface area contributed by atoms with Crippen molar-refractivity contribution < 1.29 is 14.3 Å². The summed E-state index contributed by atoms with van der Waals surface area (Å²) in [5, 5.41) is 4.09. The first-order chi connectivity index (χ1) is 13.8. The second kappa shape index (κ2) is 11.1. The maximum atomic E-state index is 12.9. The molecule has 2 rings (SSSR count). The zero-order valence-electron chi connectivity index (χ0n) is 16.9. The molecule has 0 spiro atoms. The molecule has 1 N–H and O–H groups in total. The molecule has 0 heterocycles. The number of aryl methyl sites for hydroxylation is 1. The van der Waals surface area contributed by atoms with E-state index >= 15 is 0 Å². The van der Waals surface area contributed by atoms with Crippen molar-refractivity contribution in [2.24, 2.45) is 0 Å². The van der Waals surface area contributed by atoms with E-state index in [-0.39, 0.29) is 25.0 Å². The summed E-state index contributed by atoms with van der Waals surface area (Å²) >= 11 is 12.0. The van der Waals surface area contributed by atoms with E-state index in [9.17, 15) is 9.59 Å². The Morgan fingerprint density at radius 2 is 1.83 bits per heavy atom. The van der Waals surface area contributed by atoms with Crippen LogP contribution in [0.4, 0.5) is 0 Å². The molecule has 0 radical (unpaired) electrons. The number of benzene rings is 2. The van der Waals surface area contributed by atoms with Crippen LogP contribution in [0.5, 0.6) is 5.75 Å². The highest BCUT2D eigenvalue weighted by Crippen LogP contribution is 2.21. The molecule has 0 saturated heterocycles. The lowest BCUT2D eigenvalue weighted by Gasteiger charge is -2.28. The number of carbonyl (C=O) groups excluding carboxylic acids is 2. The van der Waals surface area contributed by atoms with E-state index in [1.54, 1.807) is 37.3 Å². The largest absolute Gasteiger partial charge is 0.484 e. The van der Waals surface area contributed by atoms with Crippen LogP contribution in [0.25, 0.3) is 0 Å². The fraction of sp³-hybridized carbons (Fsp3) is 0.364. The predicted octanol–water partition coefficient (Wildman–Crippen LogP) is 4.62. The number of ether oxygens (including phenoxy) is 1. The first-order valence-corrected chi connectivity index (χ1v) is 10.3. The van der Waals surface area contributed by atoms with Gasteiger partial charge in [0.05, 0.1) is 0 Å². The Morgan fingerprint density at radius 1 is 1.14 bits per heavy atom. The van der Waals surface area contributed by atoms with Crippen LogP contribution in [0.1, 0.15) is 31.4 Å². The minimum Gasteiger partial charge on any atom is -0.484 e. The monoisotopic (exact) mass is 436 g/mol. The van der Waals surface area contributed by atoms with Crippen LogP contribution in [-0.4, -0.2) is 35.9 Å². The van der Waals surface area contributed by atoms with Crippen LogP contribution in [0.15, 0.2) is 42.5 Å². The topological polar surface area (TPSA) is 58.6 Å². The summed E-state index contributed by atoms with van der Waals surface area (Å²) in [5.41, 5.74) is 1.74. The van der Waals surface area contributed by atoms with Gasteiger partial charge in [0.25, 0.3) is 5.91 Å². The number of rotatable bonds is 9. The third-order valence-corrected chi connectivity index (χ3v) is 5.15. The van der Waals surface area contributed by atoms with E-state index in [4.69, 9.17) is 27.9 Å². The van der Waals surface area contributed by atoms with Gasteiger partial charge in [0.15, 0.2) is 6.61 Å². The summed E-state index contributed by atoms with van der Waals surface area (Å²) in [4.78, 5) is 26.9. The molecule has 1 atom stereocenters. The minimum absolute atomic E-state index is 0.180. The maximum absolute atomic E-state index is 12.9. The Labute approximate surface area is 181 Å². The lowest BCUT2D eigenvalue weighted by molar-refractivity contribution is -0.142.